The van der Waals surface area contributed by atoms with E-state index < -0.39 is 5.60 Å². The molecular formula is C15H28N4O. The van der Waals surface area contributed by atoms with Gasteiger partial charge in [-0.15, -0.1) is 0 Å². The fourth-order valence-corrected chi connectivity index (χ4v) is 1.71. The summed E-state index contributed by atoms with van der Waals surface area (Å²) in [5.74, 6) is 2.51. The van der Waals surface area contributed by atoms with Crippen LogP contribution in [-0.2, 0) is 6.42 Å². The molecule has 0 saturated heterocycles. The molecule has 1 heterocycles. The summed E-state index contributed by atoms with van der Waals surface area (Å²) in [4.78, 5) is 9.05. The molecule has 5 heteroatoms. The molecule has 5 nitrogen and oxygen atoms in total. The van der Waals surface area contributed by atoms with Crippen LogP contribution < -0.4 is 10.6 Å². The largest absolute Gasteiger partial charge is 0.388 e. The molecule has 0 fully saturated rings. The molecule has 0 spiro atoms. The predicted octanol–water partition coefficient (Wildman–Crippen LogP) is 2.74. The zero-order valence-corrected chi connectivity index (χ0v) is 13.4. The van der Waals surface area contributed by atoms with Crippen LogP contribution in [0.15, 0.2) is 0 Å². The molecule has 0 aliphatic rings. The van der Waals surface area contributed by atoms with E-state index in [1.165, 1.54) is 0 Å². The van der Waals surface area contributed by atoms with Gasteiger partial charge in [0.05, 0.1) is 5.60 Å². The quantitative estimate of drug-likeness (QED) is 0.683. The van der Waals surface area contributed by atoms with Crippen molar-refractivity contribution in [3.05, 3.63) is 11.4 Å². The first-order chi connectivity index (χ1) is 9.43. The van der Waals surface area contributed by atoms with Crippen LogP contribution in [-0.4, -0.2) is 33.8 Å². The summed E-state index contributed by atoms with van der Waals surface area (Å²) in [6.45, 7) is 11.3. The highest BCUT2D eigenvalue weighted by Crippen LogP contribution is 2.21. The van der Waals surface area contributed by atoms with Crippen molar-refractivity contribution in [1.29, 1.82) is 0 Å². The SMILES string of the molecule is CCCNc1nc(CC)nc(NCC(C)(O)CC)c1C. The van der Waals surface area contributed by atoms with E-state index in [4.69, 9.17) is 0 Å². The molecule has 0 aliphatic carbocycles. The van der Waals surface area contributed by atoms with Crippen LogP contribution in [0.4, 0.5) is 11.6 Å². The maximum atomic E-state index is 10.1. The molecule has 3 N–H and O–H groups in total. The zero-order chi connectivity index (χ0) is 15.2. The Bertz CT molecular complexity index is 432. The van der Waals surface area contributed by atoms with Crippen molar-refractivity contribution < 1.29 is 5.11 Å². The average molecular weight is 280 g/mol. The molecule has 0 saturated carbocycles. The van der Waals surface area contributed by atoms with E-state index in [1.807, 2.05) is 27.7 Å². The number of hydrogen-bond donors (Lipinski definition) is 3. The van der Waals surface area contributed by atoms with Crippen molar-refractivity contribution in [3.8, 4) is 0 Å². The van der Waals surface area contributed by atoms with E-state index in [-0.39, 0.29) is 0 Å². The summed E-state index contributed by atoms with van der Waals surface area (Å²) in [5, 5.41) is 16.7. The van der Waals surface area contributed by atoms with Crippen LogP contribution in [0.25, 0.3) is 0 Å². The number of aromatic nitrogens is 2. The lowest BCUT2D eigenvalue weighted by molar-refractivity contribution is 0.0696. The van der Waals surface area contributed by atoms with Gasteiger partial charge in [0.2, 0.25) is 0 Å². The van der Waals surface area contributed by atoms with E-state index >= 15 is 0 Å². The number of aryl methyl sites for hydroxylation is 1. The lowest BCUT2D eigenvalue weighted by atomic mass is 10.0. The minimum Gasteiger partial charge on any atom is -0.388 e. The number of aliphatic hydroxyl groups is 1. The Morgan fingerprint density at radius 2 is 1.70 bits per heavy atom. The third-order valence-corrected chi connectivity index (χ3v) is 3.45. The zero-order valence-electron chi connectivity index (χ0n) is 13.4. The number of anilines is 2. The topological polar surface area (TPSA) is 70.1 Å². The van der Waals surface area contributed by atoms with Gasteiger partial charge in [-0.05, 0) is 26.7 Å². The highest BCUT2D eigenvalue weighted by atomic mass is 16.3. The van der Waals surface area contributed by atoms with Crippen LogP contribution in [0.2, 0.25) is 0 Å². The van der Waals surface area contributed by atoms with Crippen LogP contribution >= 0.6 is 0 Å². The second-order valence-corrected chi connectivity index (χ2v) is 5.45. The molecule has 1 aromatic heterocycles. The summed E-state index contributed by atoms with van der Waals surface area (Å²) < 4.78 is 0. The molecule has 1 atom stereocenters. The Hall–Kier alpha value is -1.36. The van der Waals surface area contributed by atoms with Crippen molar-refractivity contribution in [2.75, 3.05) is 23.7 Å². The van der Waals surface area contributed by atoms with Gasteiger partial charge in [0.25, 0.3) is 0 Å². The van der Waals surface area contributed by atoms with Gasteiger partial charge in [0.15, 0.2) is 0 Å². The van der Waals surface area contributed by atoms with E-state index in [1.54, 1.807) is 0 Å². The molecule has 1 aromatic rings. The molecule has 0 amide bonds. The van der Waals surface area contributed by atoms with Gasteiger partial charge in [-0.25, -0.2) is 9.97 Å². The lowest BCUT2D eigenvalue weighted by Crippen LogP contribution is -2.33. The van der Waals surface area contributed by atoms with Crippen LogP contribution in [0.5, 0.6) is 0 Å². The maximum Gasteiger partial charge on any atom is 0.134 e. The van der Waals surface area contributed by atoms with Crippen molar-refractivity contribution in [2.24, 2.45) is 0 Å². The Kier molecular flexibility index (Phi) is 6.20. The highest BCUT2D eigenvalue weighted by Gasteiger charge is 2.18. The number of hydrogen-bond acceptors (Lipinski definition) is 5. The van der Waals surface area contributed by atoms with Crippen LogP contribution in [0.3, 0.4) is 0 Å². The molecule has 1 unspecified atom stereocenters. The Balaban J connectivity index is 2.93. The van der Waals surface area contributed by atoms with Crippen LogP contribution in [0, 0.1) is 6.92 Å². The Morgan fingerprint density at radius 1 is 1.10 bits per heavy atom. The Morgan fingerprint density at radius 3 is 2.20 bits per heavy atom. The molecule has 0 aromatic carbocycles. The first-order valence-electron chi connectivity index (χ1n) is 7.51. The minimum absolute atomic E-state index is 0.484. The second-order valence-electron chi connectivity index (χ2n) is 5.45. The fraction of sp³-hybridized carbons (Fsp3) is 0.733. The third-order valence-electron chi connectivity index (χ3n) is 3.45. The summed E-state index contributed by atoms with van der Waals surface area (Å²) in [5.41, 5.74) is 0.281. The molecule has 0 bridgehead atoms. The third kappa shape index (κ3) is 4.63. The van der Waals surface area contributed by atoms with Gasteiger partial charge in [0, 0.05) is 25.1 Å². The first kappa shape index (κ1) is 16.7. The van der Waals surface area contributed by atoms with E-state index in [0.29, 0.717) is 13.0 Å². The Labute approximate surface area is 122 Å². The standard InChI is InChI=1S/C15H28N4O/c1-6-9-16-13-11(4)14(19-12(7-2)18-13)17-10-15(5,20)8-3/h20H,6-10H2,1-5H3,(H2,16,17,18,19). The number of nitrogens with one attached hydrogen (secondary N) is 2. The number of nitrogens with zero attached hydrogens (tertiary/aromatic N) is 2. The van der Waals surface area contributed by atoms with Crippen molar-refractivity contribution in [1.82, 2.24) is 9.97 Å². The van der Waals surface area contributed by atoms with Crippen molar-refractivity contribution in [3.63, 3.8) is 0 Å². The minimum atomic E-state index is -0.721. The van der Waals surface area contributed by atoms with Crippen molar-refractivity contribution in [2.45, 2.75) is 59.5 Å². The van der Waals surface area contributed by atoms with Crippen LogP contribution in [0.1, 0.15) is 51.9 Å². The molecule has 20 heavy (non-hydrogen) atoms. The summed E-state index contributed by atoms with van der Waals surface area (Å²) in [6, 6.07) is 0. The normalized spacial score (nSPS) is 13.9. The van der Waals surface area contributed by atoms with Gasteiger partial charge in [-0.1, -0.05) is 20.8 Å². The maximum absolute atomic E-state index is 10.1. The van der Waals surface area contributed by atoms with E-state index in [9.17, 15) is 5.11 Å². The van der Waals surface area contributed by atoms with Gasteiger partial charge in [-0.2, -0.15) is 0 Å². The molecule has 114 valence electrons. The smallest absolute Gasteiger partial charge is 0.134 e. The highest BCUT2D eigenvalue weighted by molar-refractivity contribution is 5.57. The van der Waals surface area contributed by atoms with E-state index in [0.717, 1.165) is 42.4 Å². The van der Waals surface area contributed by atoms with Gasteiger partial charge < -0.3 is 15.7 Å². The number of rotatable bonds is 8. The fourth-order valence-electron chi connectivity index (χ4n) is 1.71. The second kappa shape index (κ2) is 7.43. The van der Waals surface area contributed by atoms with Gasteiger partial charge >= 0.3 is 0 Å². The molecule has 0 radical (unpaired) electrons. The average Bonchev–Trinajstić information content (AvgIpc) is 2.45. The first-order valence-corrected chi connectivity index (χ1v) is 7.51. The van der Waals surface area contributed by atoms with E-state index in [2.05, 4.69) is 27.5 Å². The molecule has 1 rings (SSSR count). The monoisotopic (exact) mass is 280 g/mol. The van der Waals surface area contributed by atoms with Gasteiger partial charge in [-0.3, -0.25) is 0 Å². The predicted molar refractivity (Wildman–Crippen MR) is 84.3 cm³/mol. The summed E-state index contributed by atoms with van der Waals surface area (Å²) in [6.07, 6.45) is 2.55. The summed E-state index contributed by atoms with van der Waals surface area (Å²) in [7, 11) is 0. The van der Waals surface area contributed by atoms with Crippen molar-refractivity contribution >= 4 is 11.6 Å². The molecular weight excluding hydrogens is 252 g/mol. The summed E-state index contributed by atoms with van der Waals surface area (Å²) >= 11 is 0. The molecule has 0 aliphatic heterocycles. The van der Waals surface area contributed by atoms with Gasteiger partial charge in [0.1, 0.15) is 17.5 Å². The lowest BCUT2D eigenvalue weighted by Gasteiger charge is -2.23.